The van der Waals surface area contributed by atoms with Crippen LogP contribution in [-0.2, 0) is 0 Å². The first kappa shape index (κ1) is 34.0. The summed E-state index contributed by atoms with van der Waals surface area (Å²) in [5.74, 6) is -0.803. The molecule has 1 heterocycles. The van der Waals surface area contributed by atoms with Crippen molar-refractivity contribution in [2.24, 2.45) is 0 Å². The number of carbonyl (C=O) groups is 3. The average molecular weight is 700 g/mol. The molecule has 6 aromatic carbocycles. The molecule has 0 unspecified atom stereocenters. The Balaban J connectivity index is 0.000000173. The standard InChI is InChI=1S/C21H16N2O2.C20H16Cl2N2O/c1-22(15-7-3-2-4-8-15)16-11-13-17(14-12-16)23-20(24)18-9-5-6-10-19(18)21(23)25;1-24(18-5-3-2-4-6-18)19-9-7-17(8-10-19)23-20(25)14-11-15(21)13-16(22)12-14/h2-14H,1H3;2-13H,1H3,(H,23,25). The SMILES string of the molecule is CN(c1ccccc1)c1ccc(N2C(=O)c3ccccc3C2=O)cc1.CN(c1ccccc1)c1ccc(NC(=O)c2cc(Cl)cc(Cl)c2)cc1. The number of amides is 3. The predicted molar refractivity (Wildman–Crippen MR) is 204 cm³/mol. The Bertz CT molecular complexity index is 2090. The Hall–Kier alpha value is -5.89. The summed E-state index contributed by atoms with van der Waals surface area (Å²) < 4.78 is 0. The molecule has 0 radical (unpaired) electrons. The van der Waals surface area contributed by atoms with Gasteiger partial charge in [-0.15, -0.1) is 0 Å². The second-order valence-electron chi connectivity index (χ2n) is 11.5. The minimum Gasteiger partial charge on any atom is -0.345 e. The van der Waals surface area contributed by atoms with Gasteiger partial charge in [-0.25, -0.2) is 4.90 Å². The maximum Gasteiger partial charge on any atom is 0.266 e. The summed E-state index contributed by atoms with van der Waals surface area (Å²) in [5.41, 5.74) is 6.77. The van der Waals surface area contributed by atoms with Gasteiger partial charge in [0.05, 0.1) is 16.8 Å². The molecular formula is C41H32Cl2N4O3. The molecule has 7 rings (SSSR count). The van der Waals surface area contributed by atoms with E-state index in [-0.39, 0.29) is 17.7 Å². The minimum absolute atomic E-state index is 0.256. The van der Waals surface area contributed by atoms with Crippen LogP contribution >= 0.6 is 23.2 Å². The first-order chi connectivity index (χ1) is 24.2. The maximum absolute atomic E-state index is 12.5. The van der Waals surface area contributed by atoms with E-state index in [1.54, 1.807) is 54.6 Å². The second-order valence-corrected chi connectivity index (χ2v) is 12.3. The van der Waals surface area contributed by atoms with Crippen molar-refractivity contribution < 1.29 is 14.4 Å². The fourth-order valence-corrected chi connectivity index (χ4v) is 6.03. The number of hydrogen-bond acceptors (Lipinski definition) is 5. The second kappa shape index (κ2) is 15.1. The predicted octanol–water partition coefficient (Wildman–Crippen LogP) is 10.3. The van der Waals surface area contributed by atoms with Gasteiger partial charge in [-0.3, -0.25) is 14.4 Å². The Kier molecular flexibility index (Phi) is 10.3. The van der Waals surface area contributed by atoms with Crippen molar-refractivity contribution in [3.05, 3.63) is 178 Å². The molecule has 0 aromatic heterocycles. The molecule has 9 heteroatoms. The van der Waals surface area contributed by atoms with Gasteiger partial charge < -0.3 is 15.1 Å². The van der Waals surface area contributed by atoms with Crippen LogP contribution in [0.3, 0.4) is 0 Å². The van der Waals surface area contributed by atoms with E-state index in [1.807, 2.05) is 116 Å². The monoisotopic (exact) mass is 698 g/mol. The zero-order chi connectivity index (χ0) is 35.2. The quantitative estimate of drug-likeness (QED) is 0.168. The van der Waals surface area contributed by atoms with Gasteiger partial charge in [0.2, 0.25) is 0 Å². The van der Waals surface area contributed by atoms with Crippen molar-refractivity contribution in [2.45, 2.75) is 0 Å². The van der Waals surface area contributed by atoms with Crippen LogP contribution in [0.1, 0.15) is 31.1 Å². The fourth-order valence-electron chi connectivity index (χ4n) is 5.51. The molecule has 1 aliphatic rings. The summed E-state index contributed by atoms with van der Waals surface area (Å²) in [6, 6.07) is 46.8. The average Bonchev–Trinajstić information content (AvgIpc) is 3.40. The summed E-state index contributed by atoms with van der Waals surface area (Å²) in [6.07, 6.45) is 0. The third-order valence-corrected chi connectivity index (χ3v) is 8.65. The zero-order valence-electron chi connectivity index (χ0n) is 27.3. The number of carbonyl (C=O) groups excluding carboxylic acids is 3. The molecule has 50 heavy (non-hydrogen) atoms. The number of hydrogen-bond donors (Lipinski definition) is 1. The Morgan fingerprint density at radius 1 is 0.540 bits per heavy atom. The number of anilines is 6. The largest absolute Gasteiger partial charge is 0.345 e. The number of nitrogens with zero attached hydrogens (tertiary/aromatic N) is 3. The summed E-state index contributed by atoms with van der Waals surface area (Å²) in [6.45, 7) is 0. The van der Waals surface area contributed by atoms with E-state index in [0.717, 1.165) is 22.7 Å². The van der Waals surface area contributed by atoms with Crippen molar-refractivity contribution in [3.63, 3.8) is 0 Å². The normalized spacial score (nSPS) is 11.7. The van der Waals surface area contributed by atoms with Gasteiger partial charge in [-0.2, -0.15) is 0 Å². The van der Waals surface area contributed by atoms with Gasteiger partial charge in [0.15, 0.2) is 0 Å². The van der Waals surface area contributed by atoms with Crippen LogP contribution < -0.4 is 20.0 Å². The fraction of sp³-hybridized carbons (Fsp3) is 0.0488. The van der Waals surface area contributed by atoms with Crippen molar-refractivity contribution >= 4 is 75.0 Å². The lowest BCUT2D eigenvalue weighted by molar-refractivity contribution is 0.0925. The highest BCUT2D eigenvalue weighted by Crippen LogP contribution is 2.31. The molecule has 248 valence electrons. The number of fused-ring (bicyclic) bond motifs is 1. The molecule has 1 aliphatic heterocycles. The molecule has 0 saturated heterocycles. The van der Waals surface area contributed by atoms with Crippen molar-refractivity contribution in [1.82, 2.24) is 0 Å². The highest BCUT2D eigenvalue weighted by molar-refractivity contribution is 6.35. The van der Waals surface area contributed by atoms with Crippen molar-refractivity contribution in [2.75, 3.05) is 34.1 Å². The van der Waals surface area contributed by atoms with E-state index in [1.165, 1.54) is 4.90 Å². The highest BCUT2D eigenvalue weighted by Gasteiger charge is 2.36. The van der Waals surface area contributed by atoms with Gasteiger partial charge in [-0.05, 0) is 103 Å². The van der Waals surface area contributed by atoms with E-state index in [9.17, 15) is 14.4 Å². The lowest BCUT2D eigenvalue weighted by atomic mass is 10.1. The number of benzene rings is 6. The summed E-state index contributed by atoms with van der Waals surface area (Å²) in [5, 5.41) is 3.70. The van der Waals surface area contributed by atoms with E-state index < -0.39 is 0 Å². The van der Waals surface area contributed by atoms with Crippen LogP contribution in [-0.4, -0.2) is 31.8 Å². The molecule has 7 nitrogen and oxygen atoms in total. The Morgan fingerprint density at radius 2 is 0.940 bits per heavy atom. The molecule has 3 amide bonds. The maximum atomic E-state index is 12.5. The smallest absolute Gasteiger partial charge is 0.266 e. The summed E-state index contributed by atoms with van der Waals surface area (Å²) in [7, 11) is 3.98. The number of imide groups is 1. The number of nitrogens with one attached hydrogen (secondary N) is 1. The van der Waals surface area contributed by atoms with Crippen LogP contribution in [0.15, 0.2) is 152 Å². The zero-order valence-corrected chi connectivity index (χ0v) is 28.8. The molecule has 0 spiro atoms. The van der Waals surface area contributed by atoms with E-state index in [2.05, 4.69) is 10.2 Å². The third kappa shape index (κ3) is 7.55. The summed E-state index contributed by atoms with van der Waals surface area (Å²) >= 11 is 11.9. The van der Waals surface area contributed by atoms with Gasteiger partial charge >= 0.3 is 0 Å². The van der Waals surface area contributed by atoms with Crippen LogP contribution in [0.4, 0.5) is 34.1 Å². The van der Waals surface area contributed by atoms with Crippen molar-refractivity contribution in [1.29, 1.82) is 0 Å². The van der Waals surface area contributed by atoms with Crippen molar-refractivity contribution in [3.8, 4) is 0 Å². The number of para-hydroxylation sites is 2. The van der Waals surface area contributed by atoms with Crippen LogP contribution in [0.25, 0.3) is 0 Å². The molecule has 6 aromatic rings. The van der Waals surface area contributed by atoms with Gasteiger partial charge in [0, 0.05) is 58.1 Å². The lowest BCUT2D eigenvalue weighted by Crippen LogP contribution is -2.29. The molecule has 0 bridgehead atoms. The molecule has 1 N–H and O–H groups in total. The molecule has 0 fully saturated rings. The topological polar surface area (TPSA) is 73.0 Å². The van der Waals surface area contributed by atoms with E-state index in [0.29, 0.717) is 38.1 Å². The van der Waals surface area contributed by atoms with Gasteiger partial charge in [0.25, 0.3) is 17.7 Å². The van der Waals surface area contributed by atoms with Gasteiger partial charge in [0.1, 0.15) is 0 Å². The molecular weight excluding hydrogens is 667 g/mol. The first-order valence-electron chi connectivity index (χ1n) is 15.7. The third-order valence-electron chi connectivity index (χ3n) is 8.21. The molecule has 0 aliphatic carbocycles. The summed E-state index contributed by atoms with van der Waals surface area (Å²) in [4.78, 5) is 42.8. The van der Waals surface area contributed by atoms with Crippen LogP contribution in [0, 0.1) is 0 Å². The number of halogens is 2. The molecule has 0 saturated carbocycles. The van der Waals surface area contributed by atoms with Gasteiger partial charge in [-0.1, -0.05) is 71.7 Å². The highest BCUT2D eigenvalue weighted by atomic mass is 35.5. The lowest BCUT2D eigenvalue weighted by Gasteiger charge is -2.21. The Labute approximate surface area is 300 Å². The number of rotatable bonds is 7. The first-order valence-corrected chi connectivity index (χ1v) is 16.5. The van der Waals surface area contributed by atoms with E-state index in [4.69, 9.17) is 23.2 Å². The Morgan fingerprint density at radius 3 is 1.40 bits per heavy atom. The van der Waals surface area contributed by atoms with Crippen LogP contribution in [0.2, 0.25) is 10.0 Å². The minimum atomic E-state index is -0.273. The van der Waals surface area contributed by atoms with E-state index >= 15 is 0 Å². The van der Waals surface area contributed by atoms with Crippen LogP contribution in [0.5, 0.6) is 0 Å². The molecule has 0 atom stereocenters.